The molecule has 1 N–H and O–H groups in total. The minimum atomic E-state index is -0.607. The van der Waals surface area contributed by atoms with Crippen molar-refractivity contribution in [3.8, 4) is 0 Å². The number of piperidine rings is 1. The van der Waals surface area contributed by atoms with E-state index in [0.717, 1.165) is 17.5 Å². The van der Waals surface area contributed by atoms with Crippen LogP contribution in [0.15, 0.2) is 42.5 Å². The lowest BCUT2D eigenvalue weighted by molar-refractivity contribution is -0.137. The fourth-order valence-electron chi connectivity index (χ4n) is 5.11. The molecule has 2 bridgehead atoms. The maximum atomic E-state index is 13.7. The van der Waals surface area contributed by atoms with Crippen LogP contribution in [0.2, 0.25) is 5.02 Å². The van der Waals surface area contributed by atoms with E-state index in [2.05, 4.69) is 24.3 Å². The van der Waals surface area contributed by atoms with Gasteiger partial charge in [0.05, 0.1) is 6.10 Å². The minimum absolute atomic E-state index is 0.176. The maximum Gasteiger partial charge on any atom is 0.237 e. The van der Waals surface area contributed by atoms with Crippen LogP contribution in [0.5, 0.6) is 0 Å². The normalized spacial score (nSPS) is 27.3. The molecule has 2 unspecified atom stereocenters. The number of fused-ring (bicyclic) bond motifs is 8. The maximum absolute atomic E-state index is 13.7. The molecular formula is C21H20ClNO2. The number of rotatable bonds is 1. The second-order valence-electron chi connectivity index (χ2n) is 7.50. The molecule has 4 heteroatoms. The van der Waals surface area contributed by atoms with Crippen LogP contribution in [-0.4, -0.2) is 35.1 Å². The quantitative estimate of drug-likeness (QED) is 0.853. The summed E-state index contributed by atoms with van der Waals surface area (Å²) in [4.78, 5) is 15.7. The SMILES string of the molecule is O=C(N1CCC(O)CC1)C12CC(c3ccccc31)c1ccc(Cl)cc12. The molecule has 2 aromatic rings. The Balaban J connectivity index is 1.67. The number of aliphatic hydroxyl groups excluding tert-OH is 1. The molecule has 1 saturated heterocycles. The lowest BCUT2D eigenvalue weighted by Crippen LogP contribution is -2.49. The van der Waals surface area contributed by atoms with Gasteiger partial charge in [0.25, 0.3) is 0 Å². The highest BCUT2D eigenvalue weighted by molar-refractivity contribution is 6.30. The molecule has 2 aliphatic carbocycles. The zero-order valence-corrected chi connectivity index (χ0v) is 14.7. The molecule has 0 radical (unpaired) electrons. The number of halogens is 1. The Morgan fingerprint density at radius 1 is 1.08 bits per heavy atom. The number of hydrogen-bond acceptors (Lipinski definition) is 2. The van der Waals surface area contributed by atoms with Gasteiger partial charge in [0, 0.05) is 24.0 Å². The molecule has 25 heavy (non-hydrogen) atoms. The smallest absolute Gasteiger partial charge is 0.237 e. The fraction of sp³-hybridized carbons (Fsp3) is 0.381. The standard InChI is InChI=1S/C21H20ClNO2/c22-13-5-6-16-17-12-21(19(16)11-13,18-4-2-1-3-15(17)18)20(25)23-9-7-14(24)8-10-23/h1-6,11,14,17,24H,7-10,12H2. The van der Waals surface area contributed by atoms with Gasteiger partial charge in [-0.25, -0.2) is 0 Å². The molecular weight excluding hydrogens is 334 g/mol. The molecule has 1 amide bonds. The largest absolute Gasteiger partial charge is 0.393 e. The summed E-state index contributed by atoms with van der Waals surface area (Å²) in [6, 6.07) is 14.4. The van der Waals surface area contributed by atoms with Crippen molar-refractivity contribution < 1.29 is 9.90 Å². The highest BCUT2D eigenvalue weighted by atomic mass is 35.5. The van der Waals surface area contributed by atoms with Crippen molar-refractivity contribution in [1.82, 2.24) is 4.90 Å². The Kier molecular flexibility index (Phi) is 3.28. The first-order chi connectivity index (χ1) is 12.1. The van der Waals surface area contributed by atoms with Gasteiger partial charge in [-0.1, -0.05) is 41.9 Å². The summed E-state index contributed by atoms with van der Waals surface area (Å²) in [5, 5.41) is 10.5. The molecule has 3 aliphatic rings. The van der Waals surface area contributed by atoms with Crippen molar-refractivity contribution in [1.29, 1.82) is 0 Å². The van der Waals surface area contributed by atoms with E-state index in [0.29, 0.717) is 31.0 Å². The summed E-state index contributed by atoms with van der Waals surface area (Å²) in [7, 11) is 0. The lowest BCUT2D eigenvalue weighted by atomic mass is 9.74. The Morgan fingerprint density at radius 3 is 2.60 bits per heavy atom. The summed E-state index contributed by atoms with van der Waals surface area (Å²) >= 11 is 6.30. The molecule has 0 aromatic heterocycles. The third kappa shape index (κ3) is 2.00. The first kappa shape index (κ1) is 15.4. The monoisotopic (exact) mass is 353 g/mol. The van der Waals surface area contributed by atoms with Crippen LogP contribution in [-0.2, 0) is 10.2 Å². The van der Waals surface area contributed by atoms with Gasteiger partial charge in [-0.15, -0.1) is 0 Å². The lowest BCUT2D eigenvalue weighted by Gasteiger charge is -2.38. The number of carbonyl (C=O) groups excluding carboxylic acids is 1. The molecule has 0 saturated carbocycles. The molecule has 128 valence electrons. The predicted octanol–water partition coefficient (Wildman–Crippen LogP) is 3.46. The number of aliphatic hydroxyl groups is 1. The van der Waals surface area contributed by atoms with Gasteiger partial charge in [-0.3, -0.25) is 4.79 Å². The molecule has 1 fully saturated rings. The molecule has 3 nitrogen and oxygen atoms in total. The Labute approximate surface area is 152 Å². The van der Waals surface area contributed by atoms with Crippen LogP contribution in [0.25, 0.3) is 0 Å². The van der Waals surface area contributed by atoms with Gasteiger partial charge in [0.1, 0.15) is 5.41 Å². The van der Waals surface area contributed by atoms with Crippen LogP contribution in [0.4, 0.5) is 0 Å². The van der Waals surface area contributed by atoms with Gasteiger partial charge < -0.3 is 10.0 Å². The third-order valence-corrected chi connectivity index (χ3v) is 6.51. The fourth-order valence-corrected chi connectivity index (χ4v) is 5.28. The van der Waals surface area contributed by atoms with Gasteiger partial charge in [-0.2, -0.15) is 0 Å². The Morgan fingerprint density at radius 2 is 1.80 bits per heavy atom. The first-order valence-electron chi connectivity index (χ1n) is 8.98. The van der Waals surface area contributed by atoms with E-state index < -0.39 is 5.41 Å². The zero-order valence-electron chi connectivity index (χ0n) is 13.9. The Hall–Kier alpha value is -1.84. The highest BCUT2D eigenvalue weighted by Gasteiger charge is 2.58. The average Bonchev–Trinajstić information content (AvgIpc) is 3.15. The second-order valence-corrected chi connectivity index (χ2v) is 7.94. The molecule has 1 heterocycles. The predicted molar refractivity (Wildman–Crippen MR) is 97.0 cm³/mol. The van der Waals surface area contributed by atoms with Gasteiger partial charge in [0.15, 0.2) is 0 Å². The van der Waals surface area contributed by atoms with E-state index in [-0.39, 0.29) is 17.9 Å². The van der Waals surface area contributed by atoms with E-state index >= 15 is 0 Å². The van der Waals surface area contributed by atoms with Crippen LogP contribution in [0.1, 0.15) is 47.4 Å². The number of nitrogens with zero attached hydrogens (tertiary/aromatic N) is 1. The Bertz CT molecular complexity index is 872. The summed E-state index contributed by atoms with van der Waals surface area (Å²) in [6.45, 7) is 1.26. The summed E-state index contributed by atoms with van der Waals surface area (Å²) in [6.07, 6.45) is 1.85. The van der Waals surface area contributed by atoms with E-state index in [9.17, 15) is 9.90 Å². The highest BCUT2D eigenvalue weighted by Crippen LogP contribution is 2.61. The summed E-state index contributed by atoms with van der Waals surface area (Å²) < 4.78 is 0. The van der Waals surface area contributed by atoms with E-state index in [1.807, 2.05) is 23.1 Å². The third-order valence-electron chi connectivity index (χ3n) is 6.27. The van der Waals surface area contributed by atoms with Crippen molar-refractivity contribution in [2.75, 3.05) is 13.1 Å². The van der Waals surface area contributed by atoms with Crippen molar-refractivity contribution in [3.63, 3.8) is 0 Å². The molecule has 2 aromatic carbocycles. The van der Waals surface area contributed by atoms with Crippen molar-refractivity contribution >= 4 is 17.5 Å². The molecule has 5 rings (SSSR count). The average molecular weight is 354 g/mol. The molecule has 2 atom stereocenters. The second kappa shape index (κ2) is 5.33. The molecule has 1 aliphatic heterocycles. The van der Waals surface area contributed by atoms with Crippen LogP contribution >= 0.6 is 11.6 Å². The summed E-state index contributed by atoms with van der Waals surface area (Å²) in [5.41, 5.74) is 4.14. The van der Waals surface area contributed by atoms with Gasteiger partial charge in [0.2, 0.25) is 5.91 Å². The summed E-state index contributed by atoms with van der Waals surface area (Å²) in [5.74, 6) is 0.457. The van der Waals surface area contributed by atoms with Gasteiger partial charge in [-0.05, 0) is 53.6 Å². The molecule has 0 spiro atoms. The first-order valence-corrected chi connectivity index (χ1v) is 9.36. The van der Waals surface area contributed by atoms with Crippen molar-refractivity contribution in [3.05, 3.63) is 69.7 Å². The number of benzene rings is 2. The van der Waals surface area contributed by atoms with Crippen LogP contribution in [0.3, 0.4) is 0 Å². The van der Waals surface area contributed by atoms with Crippen LogP contribution in [0, 0.1) is 0 Å². The number of carbonyl (C=O) groups is 1. The topological polar surface area (TPSA) is 40.5 Å². The number of hydrogen-bond donors (Lipinski definition) is 1. The zero-order chi connectivity index (χ0) is 17.2. The van der Waals surface area contributed by atoms with E-state index in [4.69, 9.17) is 11.6 Å². The minimum Gasteiger partial charge on any atom is -0.393 e. The van der Waals surface area contributed by atoms with Gasteiger partial charge >= 0.3 is 0 Å². The van der Waals surface area contributed by atoms with E-state index in [1.165, 1.54) is 11.1 Å². The number of likely N-dealkylation sites (tertiary alicyclic amines) is 1. The van der Waals surface area contributed by atoms with Crippen molar-refractivity contribution in [2.45, 2.75) is 36.7 Å². The number of amides is 1. The van der Waals surface area contributed by atoms with Crippen molar-refractivity contribution in [2.24, 2.45) is 0 Å². The van der Waals surface area contributed by atoms with E-state index in [1.54, 1.807) is 0 Å². The van der Waals surface area contributed by atoms with Crippen LogP contribution < -0.4 is 0 Å².